The van der Waals surface area contributed by atoms with E-state index in [9.17, 15) is 18.2 Å². The molecule has 0 saturated carbocycles. The van der Waals surface area contributed by atoms with Crippen molar-refractivity contribution >= 4 is 33.5 Å². The topological polar surface area (TPSA) is 132 Å². The number of benzene rings is 1. The van der Waals surface area contributed by atoms with Crippen molar-refractivity contribution in [2.45, 2.75) is 59.7 Å². The molecule has 2 N–H and O–H groups in total. The second-order valence-electron chi connectivity index (χ2n) is 10.2. The Bertz CT molecular complexity index is 1290. The Morgan fingerprint density at radius 3 is 2.61 bits per heavy atom. The van der Waals surface area contributed by atoms with Gasteiger partial charge in [-0.05, 0) is 30.2 Å². The molecule has 0 bridgehead atoms. The second-order valence-corrected chi connectivity index (χ2v) is 11.9. The van der Waals surface area contributed by atoms with Gasteiger partial charge in [0.1, 0.15) is 17.4 Å². The maximum atomic E-state index is 14.9. The minimum Gasteiger partial charge on any atom is -0.424 e. The van der Waals surface area contributed by atoms with Gasteiger partial charge in [0.05, 0.1) is 6.54 Å². The van der Waals surface area contributed by atoms with E-state index in [1.165, 1.54) is 16.8 Å². The van der Waals surface area contributed by atoms with E-state index >= 15 is 0 Å². The van der Waals surface area contributed by atoms with Crippen LogP contribution in [0.3, 0.4) is 0 Å². The summed E-state index contributed by atoms with van der Waals surface area (Å²) in [5.74, 6) is 0.606. The van der Waals surface area contributed by atoms with Crippen LogP contribution in [0, 0.1) is 24.1 Å². The molecule has 12 heteroatoms. The van der Waals surface area contributed by atoms with Gasteiger partial charge < -0.3 is 15.1 Å². The Kier molecular flexibility index (Phi) is 7.53. The number of carbonyl (C=O) groups is 2. The number of nitrogens with one attached hydrogen (secondary N) is 2. The van der Waals surface area contributed by atoms with Crippen LogP contribution in [0.5, 0.6) is 0 Å². The summed E-state index contributed by atoms with van der Waals surface area (Å²) in [6.45, 7) is 7.59. The van der Waals surface area contributed by atoms with Crippen LogP contribution in [0.25, 0.3) is 10.9 Å². The molecule has 0 radical (unpaired) electrons. The predicted octanol–water partition coefficient (Wildman–Crippen LogP) is 2.49. The van der Waals surface area contributed by atoms with Gasteiger partial charge in [-0.3, -0.25) is 18.5 Å². The largest absolute Gasteiger partial charge is 0.424 e. The minimum atomic E-state index is -0.906. The molecule has 10 nitrogen and oxygen atoms in total. The van der Waals surface area contributed by atoms with E-state index in [4.69, 9.17) is 4.42 Å². The van der Waals surface area contributed by atoms with Crippen LogP contribution in [0.15, 0.2) is 22.6 Å². The van der Waals surface area contributed by atoms with Crippen LogP contribution < -0.4 is 10.6 Å². The summed E-state index contributed by atoms with van der Waals surface area (Å²) in [5.41, 5.74) is -0.331. The van der Waals surface area contributed by atoms with E-state index in [0.29, 0.717) is 29.3 Å². The van der Waals surface area contributed by atoms with Gasteiger partial charge in [0, 0.05) is 41.2 Å². The molecule has 2 amide bonds. The molecule has 1 aliphatic heterocycles. The number of fused-ring (bicyclic) bond motifs is 1. The van der Waals surface area contributed by atoms with Crippen molar-refractivity contribution in [3.63, 3.8) is 0 Å². The summed E-state index contributed by atoms with van der Waals surface area (Å²) in [4.78, 5) is 26.4. The van der Waals surface area contributed by atoms with Crippen LogP contribution in [-0.4, -0.2) is 53.5 Å². The lowest BCUT2D eigenvalue weighted by Crippen LogP contribution is -2.53. The smallest absolute Gasteiger partial charge is 0.273 e. The van der Waals surface area contributed by atoms with Crippen molar-refractivity contribution in [2.24, 2.45) is 11.3 Å². The fourth-order valence-electron chi connectivity index (χ4n) is 4.31. The van der Waals surface area contributed by atoms with Crippen LogP contribution in [-0.2, 0) is 28.7 Å². The first-order chi connectivity index (χ1) is 17.0. The van der Waals surface area contributed by atoms with Gasteiger partial charge in [0.2, 0.25) is 17.7 Å². The van der Waals surface area contributed by atoms with Crippen LogP contribution in [0.4, 0.5) is 4.39 Å². The van der Waals surface area contributed by atoms with E-state index in [0.717, 1.165) is 12.8 Å². The molecule has 1 aromatic carbocycles. The standard InChI is InChI=1S/C24H31FN6O4S/c1-14-28-29-18(35-14)12-26-23(33)21(24(2,3)4)27-22(32)19-16-6-5-7-17(25)20(16)31(30-19)13-15-8-10-36(34)11-9-15/h5-7,15,21H,8-13H2,1-4H3,(H,26,33)(H,27,32). The molecule has 1 fully saturated rings. The van der Waals surface area contributed by atoms with Gasteiger partial charge in [-0.1, -0.05) is 32.9 Å². The molecule has 194 valence electrons. The lowest BCUT2D eigenvalue weighted by Gasteiger charge is -2.30. The summed E-state index contributed by atoms with van der Waals surface area (Å²) in [6.07, 6.45) is 1.52. The van der Waals surface area contributed by atoms with Gasteiger partial charge in [-0.2, -0.15) is 5.10 Å². The van der Waals surface area contributed by atoms with Gasteiger partial charge in [-0.25, -0.2) is 4.39 Å². The zero-order chi connectivity index (χ0) is 26.0. The molecular weight excluding hydrogens is 487 g/mol. The van der Waals surface area contributed by atoms with E-state index < -0.39 is 39.9 Å². The van der Waals surface area contributed by atoms with Crippen molar-refractivity contribution < 1.29 is 22.6 Å². The summed E-state index contributed by atoms with van der Waals surface area (Å²) in [7, 11) is -0.804. The minimum absolute atomic E-state index is 0.0249. The lowest BCUT2D eigenvalue weighted by molar-refractivity contribution is -0.125. The van der Waals surface area contributed by atoms with Crippen molar-refractivity contribution in [1.82, 2.24) is 30.6 Å². The number of aromatic nitrogens is 4. The normalized spacial score (nSPS) is 19.2. The number of nitrogens with zero attached hydrogens (tertiary/aromatic N) is 4. The molecule has 3 heterocycles. The highest BCUT2D eigenvalue weighted by Crippen LogP contribution is 2.26. The lowest BCUT2D eigenvalue weighted by atomic mass is 9.86. The van der Waals surface area contributed by atoms with E-state index in [-0.39, 0.29) is 29.6 Å². The molecule has 2 aromatic heterocycles. The van der Waals surface area contributed by atoms with Crippen molar-refractivity contribution in [3.05, 3.63) is 41.5 Å². The maximum Gasteiger partial charge on any atom is 0.273 e. The molecule has 36 heavy (non-hydrogen) atoms. The number of halogens is 1. The zero-order valence-electron chi connectivity index (χ0n) is 20.8. The third-order valence-corrected chi connectivity index (χ3v) is 7.64. The summed E-state index contributed by atoms with van der Waals surface area (Å²) >= 11 is 0. The maximum absolute atomic E-state index is 14.9. The Morgan fingerprint density at radius 2 is 1.97 bits per heavy atom. The zero-order valence-corrected chi connectivity index (χ0v) is 21.7. The molecule has 1 atom stereocenters. The van der Waals surface area contributed by atoms with Crippen LogP contribution in [0.2, 0.25) is 0 Å². The highest BCUT2D eigenvalue weighted by atomic mass is 32.2. The highest BCUT2D eigenvalue weighted by molar-refractivity contribution is 7.85. The van der Waals surface area contributed by atoms with Crippen LogP contribution in [0.1, 0.15) is 55.9 Å². The highest BCUT2D eigenvalue weighted by Gasteiger charge is 2.34. The average Bonchev–Trinajstić information content (AvgIpc) is 3.40. The first kappa shape index (κ1) is 25.9. The van der Waals surface area contributed by atoms with E-state index in [2.05, 4.69) is 25.9 Å². The van der Waals surface area contributed by atoms with E-state index in [1.807, 2.05) is 20.8 Å². The van der Waals surface area contributed by atoms with Gasteiger partial charge >= 0.3 is 0 Å². The molecule has 0 spiro atoms. The Morgan fingerprint density at radius 1 is 1.25 bits per heavy atom. The number of carbonyl (C=O) groups excluding carboxylic acids is 2. The summed E-state index contributed by atoms with van der Waals surface area (Å²) in [5, 5.41) is 18.0. The van der Waals surface area contributed by atoms with Gasteiger partial charge in [0.15, 0.2) is 5.69 Å². The van der Waals surface area contributed by atoms with Crippen molar-refractivity contribution in [2.75, 3.05) is 11.5 Å². The Balaban J connectivity index is 1.56. The molecule has 1 aliphatic rings. The second kappa shape index (κ2) is 10.5. The number of rotatable bonds is 7. The Hall–Kier alpha value is -3.15. The number of para-hydroxylation sites is 1. The monoisotopic (exact) mass is 518 g/mol. The first-order valence-electron chi connectivity index (χ1n) is 11.9. The number of amides is 2. The first-order valence-corrected chi connectivity index (χ1v) is 13.4. The molecule has 0 aliphatic carbocycles. The van der Waals surface area contributed by atoms with Gasteiger partial charge in [-0.15, -0.1) is 10.2 Å². The molecule has 3 aromatic rings. The summed E-state index contributed by atoms with van der Waals surface area (Å²) in [6, 6.07) is 3.61. The molecule has 1 saturated heterocycles. The fourth-order valence-corrected chi connectivity index (χ4v) is 5.71. The van der Waals surface area contributed by atoms with Gasteiger partial charge in [0.25, 0.3) is 5.91 Å². The molecule has 4 rings (SSSR count). The Labute approximate surface area is 210 Å². The molecular formula is C24H31FN6O4S. The number of hydrogen-bond acceptors (Lipinski definition) is 7. The number of aryl methyl sites for hydroxylation is 1. The third-order valence-electron chi connectivity index (χ3n) is 6.26. The van der Waals surface area contributed by atoms with Crippen molar-refractivity contribution in [3.8, 4) is 0 Å². The molecule has 1 unspecified atom stereocenters. The predicted molar refractivity (Wildman–Crippen MR) is 132 cm³/mol. The number of hydrogen-bond donors (Lipinski definition) is 2. The fraction of sp³-hybridized carbons (Fsp3) is 0.542. The quantitative estimate of drug-likeness (QED) is 0.491. The summed E-state index contributed by atoms with van der Waals surface area (Å²) < 4.78 is 33.4. The van der Waals surface area contributed by atoms with E-state index in [1.54, 1.807) is 13.0 Å². The van der Waals surface area contributed by atoms with Crippen molar-refractivity contribution in [1.29, 1.82) is 0 Å². The average molecular weight is 519 g/mol. The SMILES string of the molecule is Cc1nnc(CNC(=O)C(NC(=O)c2nn(CC3CCS(=O)CC3)c3c(F)cccc23)C(C)(C)C)o1. The third kappa shape index (κ3) is 5.80. The van der Waals surface area contributed by atoms with Crippen LogP contribution >= 0.6 is 0 Å².